The van der Waals surface area contributed by atoms with Crippen LogP contribution in [0.2, 0.25) is 0 Å². The standard InChI is InChI=1S/C20H22N2O6/c1-27-19(25)12-10-17(23)21-14-6-8-15(9-7-14)22-18(24)11-13-20(26)28-16-4-2-3-5-16/h6-13,16H,2-5H2,1H3,(H,21,23)(H,22,24)/b12-10-,13-11-. The lowest BCUT2D eigenvalue weighted by Crippen LogP contribution is -2.14. The summed E-state index contributed by atoms with van der Waals surface area (Å²) in [6.07, 6.45) is 8.08. The molecule has 0 saturated heterocycles. The van der Waals surface area contributed by atoms with Gasteiger partial charge in [0, 0.05) is 35.7 Å². The zero-order valence-corrected chi connectivity index (χ0v) is 15.5. The molecule has 0 heterocycles. The zero-order chi connectivity index (χ0) is 20.4. The van der Waals surface area contributed by atoms with E-state index in [1.165, 1.54) is 7.11 Å². The van der Waals surface area contributed by atoms with Crippen molar-refractivity contribution < 1.29 is 28.7 Å². The van der Waals surface area contributed by atoms with Gasteiger partial charge in [-0.3, -0.25) is 9.59 Å². The molecule has 0 atom stereocenters. The number of carbonyl (C=O) groups is 4. The highest BCUT2D eigenvalue weighted by Crippen LogP contribution is 2.21. The molecule has 8 heteroatoms. The van der Waals surface area contributed by atoms with E-state index in [4.69, 9.17) is 4.74 Å². The molecule has 0 radical (unpaired) electrons. The highest BCUT2D eigenvalue weighted by molar-refractivity contribution is 6.04. The predicted molar refractivity (Wildman–Crippen MR) is 102 cm³/mol. The van der Waals surface area contributed by atoms with Crippen LogP contribution in [0.3, 0.4) is 0 Å². The molecular formula is C20H22N2O6. The van der Waals surface area contributed by atoms with Gasteiger partial charge in [0.25, 0.3) is 0 Å². The van der Waals surface area contributed by atoms with E-state index < -0.39 is 23.8 Å². The van der Waals surface area contributed by atoms with Crippen LogP contribution < -0.4 is 10.6 Å². The van der Waals surface area contributed by atoms with Gasteiger partial charge in [0.05, 0.1) is 7.11 Å². The Morgan fingerprint density at radius 3 is 1.75 bits per heavy atom. The van der Waals surface area contributed by atoms with Crippen molar-refractivity contribution in [1.82, 2.24) is 0 Å². The Bertz CT molecular complexity index is 776. The summed E-state index contributed by atoms with van der Waals surface area (Å²) in [7, 11) is 1.21. The Balaban J connectivity index is 1.79. The Labute approximate surface area is 162 Å². The first-order chi connectivity index (χ1) is 13.5. The summed E-state index contributed by atoms with van der Waals surface area (Å²) in [6, 6.07) is 6.33. The van der Waals surface area contributed by atoms with E-state index in [-0.39, 0.29) is 6.10 Å². The normalized spacial score (nSPS) is 14.2. The molecule has 2 amide bonds. The van der Waals surface area contributed by atoms with Gasteiger partial charge in [-0.15, -0.1) is 0 Å². The van der Waals surface area contributed by atoms with Crippen LogP contribution in [0.15, 0.2) is 48.6 Å². The number of esters is 2. The second kappa shape index (κ2) is 10.7. The predicted octanol–water partition coefficient (Wildman–Crippen LogP) is 2.33. The third-order valence-electron chi connectivity index (χ3n) is 3.95. The smallest absolute Gasteiger partial charge is 0.331 e. The fraction of sp³-hybridized carbons (Fsp3) is 0.300. The Hall–Kier alpha value is -3.42. The molecule has 1 aliphatic rings. The van der Waals surface area contributed by atoms with Crippen molar-refractivity contribution >= 4 is 35.1 Å². The summed E-state index contributed by atoms with van der Waals surface area (Å²) in [5.74, 6) is -2.12. The van der Waals surface area contributed by atoms with Crippen LogP contribution in [0, 0.1) is 0 Å². The Kier molecular flexibility index (Phi) is 7.95. The third kappa shape index (κ3) is 7.45. The molecule has 1 aromatic rings. The van der Waals surface area contributed by atoms with E-state index in [1.807, 2.05) is 0 Å². The van der Waals surface area contributed by atoms with Crippen molar-refractivity contribution in [2.24, 2.45) is 0 Å². The number of methoxy groups -OCH3 is 1. The lowest BCUT2D eigenvalue weighted by atomic mass is 10.2. The van der Waals surface area contributed by atoms with Gasteiger partial charge in [0.2, 0.25) is 11.8 Å². The van der Waals surface area contributed by atoms with Gasteiger partial charge in [0.15, 0.2) is 0 Å². The summed E-state index contributed by atoms with van der Waals surface area (Å²) in [6.45, 7) is 0. The largest absolute Gasteiger partial charge is 0.466 e. The van der Waals surface area contributed by atoms with Crippen LogP contribution in [0.25, 0.3) is 0 Å². The average molecular weight is 386 g/mol. The lowest BCUT2D eigenvalue weighted by Gasteiger charge is -2.08. The number of amides is 2. The average Bonchev–Trinajstić information content (AvgIpc) is 3.19. The van der Waals surface area contributed by atoms with Crippen LogP contribution in [0.1, 0.15) is 25.7 Å². The van der Waals surface area contributed by atoms with Gasteiger partial charge >= 0.3 is 11.9 Å². The molecule has 28 heavy (non-hydrogen) atoms. The molecule has 0 spiro atoms. The number of nitrogens with one attached hydrogen (secondary N) is 2. The van der Waals surface area contributed by atoms with E-state index in [2.05, 4.69) is 15.4 Å². The minimum absolute atomic E-state index is 0.0505. The molecule has 1 saturated carbocycles. The molecule has 8 nitrogen and oxygen atoms in total. The molecule has 1 aliphatic carbocycles. The highest BCUT2D eigenvalue weighted by atomic mass is 16.5. The van der Waals surface area contributed by atoms with Crippen molar-refractivity contribution in [2.45, 2.75) is 31.8 Å². The molecule has 1 fully saturated rings. The van der Waals surface area contributed by atoms with Gasteiger partial charge in [-0.1, -0.05) is 0 Å². The van der Waals surface area contributed by atoms with Crippen LogP contribution in [-0.4, -0.2) is 37.0 Å². The van der Waals surface area contributed by atoms with Gasteiger partial charge in [-0.25, -0.2) is 9.59 Å². The lowest BCUT2D eigenvalue weighted by molar-refractivity contribution is -0.142. The maximum absolute atomic E-state index is 11.9. The topological polar surface area (TPSA) is 111 Å². The maximum Gasteiger partial charge on any atom is 0.331 e. The highest BCUT2D eigenvalue weighted by Gasteiger charge is 2.17. The molecule has 148 valence electrons. The number of rotatable bonds is 7. The fourth-order valence-corrected chi connectivity index (χ4v) is 2.57. The van der Waals surface area contributed by atoms with Gasteiger partial charge in [-0.2, -0.15) is 0 Å². The Morgan fingerprint density at radius 1 is 0.821 bits per heavy atom. The number of ether oxygens (including phenoxy) is 2. The van der Waals surface area contributed by atoms with Crippen molar-refractivity contribution in [3.05, 3.63) is 48.6 Å². The van der Waals surface area contributed by atoms with Crippen LogP contribution in [0.5, 0.6) is 0 Å². The minimum Gasteiger partial charge on any atom is -0.466 e. The zero-order valence-electron chi connectivity index (χ0n) is 15.5. The summed E-state index contributed by atoms with van der Waals surface area (Å²) in [4.78, 5) is 46.1. The second-order valence-electron chi connectivity index (χ2n) is 6.09. The van der Waals surface area contributed by atoms with Crippen LogP contribution in [0.4, 0.5) is 11.4 Å². The van der Waals surface area contributed by atoms with Crippen LogP contribution in [-0.2, 0) is 28.7 Å². The monoisotopic (exact) mass is 386 g/mol. The number of hydrogen-bond acceptors (Lipinski definition) is 6. The number of benzene rings is 1. The molecule has 0 aromatic heterocycles. The summed E-state index contributed by atoms with van der Waals surface area (Å²) in [5.41, 5.74) is 0.968. The minimum atomic E-state index is -0.631. The molecular weight excluding hydrogens is 364 g/mol. The van der Waals surface area contributed by atoms with E-state index >= 15 is 0 Å². The maximum atomic E-state index is 11.9. The third-order valence-corrected chi connectivity index (χ3v) is 3.95. The number of anilines is 2. The second-order valence-corrected chi connectivity index (χ2v) is 6.09. The van der Waals surface area contributed by atoms with Crippen LogP contribution >= 0.6 is 0 Å². The Morgan fingerprint density at radius 2 is 1.29 bits per heavy atom. The SMILES string of the molecule is COC(=O)/C=C\C(=O)Nc1ccc(NC(=O)/C=C\C(=O)OC2CCCC2)cc1. The van der Waals surface area contributed by atoms with Gasteiger partial charge in [-0.05, 0) is 49.9 Å². The summed E-state index contributed by atoms with van der Waals surface area (Å²) < 4.78 is 9.62. The van der Waals surface area contributed by atoms with Crippen molar-refractivity contribution in [3.8, 4) is 0 Å². The summed E-state index contributed by atoms with van der Waals surface area (Å²) >= 11 is 0. The van der Waals surface area contributed by atoms with Gasteiger partial charge in [0.1, 0.15) is 6.10 Å². The molecule has 2 rings (SSSR count). The molecule has 0 aliphatic heterocycles. The number of hydrogen-bond donors (Lipinski definition) is 2. The molecule has 2 N–H and O–H groups in total. The summed E-state index contributed by atoms with van der Waals surface area (Å²) in [5, 5.41) is 5.15. The first-order valence-electron chi connectivity index (χ1n) is 8.83. The van der Waals surface area contributed by atoms with E-state index in [0.717, 1.165) is 50.0 Å². The molecule has 0 bridgehead atoms. The molecule has 0 unspecified atom stereocenters. The van der Waals surface area contributed by atoms with Crippen molar-refractivity contribution in [3.63, 3.8) is 0 Å². The molecule has 1 aromatic carbocycles. The quantitative estimate of drug-likeness (QED) is 0.550. The fourth-order valence-electron chi connectivity index (χ4n) is 2.57. The first kappa shape index (κ1) is 20.9. The van der Waals surface area contributed by atoms with Crippen molar-refractivity contribution in [1.29, 1.82) is 0 Å². The number of carbonyl (C=O) groups excluding carboxylic acids is 4. The van der Waals surface area contributed by atoms with E-state index in [9.17, 15) is 19.2 Å². The van der Waals surface area contributed by atoms with E-state index in [1.54, 1.807) is 24.3 Å². The van der Waals surface area contributed by atoms with Crippen molar-refractivity contribution in [2.75, 3.05) is 17.7 Å². The van der Waals surface area contributed by atoms with E-state index in [0.29, 0.717) is 11.4 Å². The first-order valence-corrected chi connectivity index (χ1v) is 8.83. The van der Waals surface area contributed by atoms with Gasteiger partial charge < -0.3 is 20.1 Å².